The maximum absolute atomic E-state index is 11.8. The number of aliphatic carboxylic acids is 1. The number of urea groups is 1. The van der Waals surface area contributed by atoms with Crippen LogP contribution in [0.2, 0.25) is 0 Å². The number of hydrogen-bond donors (Lipinski definition) is 3. The van der Waals surface area contributed by atoms with Crippen molar-refractivity contribution in [3.8, 4) is 6.07 Å². The first-order valence-corrected chi connectivity index (χ1v) is 7.18. The van der Waals surface area contributed by atoms with Crippen molar-refractivity contribution in [3.05, 3.63) is 28.2 Å². The van der Waals surface area contributed by atoms with Crippen molar-refractivity contribution in [2.75, 3.05) is 11.9 Å². The van der Waals surface area contributed by atoms with Crippen LogP contribution < -0.4 is 10.6 Å². The van der Waals surface area contributed by atoms with Crippen LogP contribution in [0.25, 0.3) is 0 Å². The van der Waals surface area contributed by atoms with Crippen molar-refractivity contribution < 1.29 is 14.7 Å². The molecule has 0 saturated carbocycles. The van der Waals surface area contributed by atoms with Crippen LogP contribution in [-0.4, -0.2) is 23.7 Å². The van der Waals surface area contributed by atoms with Crippen molar-refractivity contribution in [2.24, 2.45) is 5.92 Å². The van der Waals surface area contributed by atoms with E-state index in [4.69, 9.17) is 10.4 Å². The Morgan fingerprint density at radius 3 is 2.81 bits per heavy atom. The molecule has 7 heteroatoms. The number of hydrogen-bond acceptors (Lipinski definition) is 3. The fourth-order valence-corrected chi connectivity index (χ4v) is 1.98. The number of halogens is 1. The first-order valence-electron chi connectivity index (χ1n) is 6.38. The van der Waals surface area contributed by atoms with Crippen LogP contribution in [0.3, 0.4) is 0 Å². The number of nitrogens with zero attached hydrogens (tertiary/aromatic N) is 1. The monoisotopic (exact) mass is 353 g/mol. The largest absolute Gasteiger partial charge is 0.481 e. The second-order valence-corrected chi connectivity index (χ2v) is 5.59. The summed E-state index contributed by atoms with van der Waals surface area (Å²) in [6, 6.07) is 6.54. The Hall–Kier alpha value is -2.07. The van der Waals surface area contributed by atoms with E-state index in [-0.39, 0.29) is 12.3 Å². The van der Waals surface area contributed by atoms with Gasteiger partial charge >= 0.3 is 12.0 Å². The maximum Gasteiger partial charge on any atom is 0.319 e. The number of carbonyl (C=O) groups is 2. The number of carboxylic acid groups (broad SMARTS) is 1. The summed E-state index contributed by atoms with van der Waals surface area (Å²) in [5.74, 6) is -0.788. The molecule has 6 nitrogen and oxygen atoms in total. The molecule has 1 unspecified atom stereocenters. The second kappa shape index (κ2) is 8.27. The average Bonchev–Trinajstić information content (AvgIpc) is 2.43. The molecular formula is C14H16BrN3O3. The molecule has 0 fully saturated rings. The fourth-order valence-electron chi connectivity index (χ4n) is 1.62. The van der Waals surface area contributed by atoms with Crippen molar-refractivity contribution >= 4 is 33.6 Å². The molecule has 21 heavy (non-hydrogen) atoms. The molecule has 0 aliphatic carbocycles. The number of carboxylic acids is 1. The lowest BCUT2D eigenvalue weighted by Gasteiger charge is -2.13. The summed E-state index contributed by atoms with van der Waals surface area (Å²) in [6.45, 7) is 2.23. The highest BCUT2D eigenvalue weighted by molar-refractivity contribution is 9.10. The van der Waals surface area contributed by atoms with E-state index in [0.717, 1.165) is 4.47 Å². The van der Waals surface area contributed by atoms with E-state index in [1.165, 1.54) is 0 Å². The normalized spacial score (nSPS) is 11.3. The van der Waals surface area contributed by atoms with E-state index < -0.39 is 12.0 Å². The second-order valence-electron chi connectivity index (χ2n) is 4.67. The van der Waals surface area contributed by atoms with Crippen LogP contribution in [0, 0.1) is 17.2 Å². The molecule has 0 spiro atoms. The van der Waals surface area contributed by atoms with Gasteiger partial charge in [0.05, 0.1) is 11.3 Å². The standard InChI is InChI=1S/C14H16BrN3O3/c1-9(2-5-13(19)20)8-17-14(21)18-12-6-11(15)4-3-10(12)7-16/h3-4,6,9H,2,5,8H2,1H3,(H,19,20)(H2,17,18,21). The van der Waals surface area contributed by atoms with E-state index in [2.05, 4.69) is 26.6 Å². The summed E-state index contributed by atoms with van der Waals surface area (Å²) in [6.07, 6.45) is 0.574. The van der Waals surface area contributed by atoms with Crippen molar-refractivity contribution in [2.45, 2.75) is 19.8 Å². The predicted octanol–water partition coefficient (Wildman–Crippen LogP) is 2.94. The van der Waals surface area contributed by atoms with Crippen molar-refractivity contribution in [1.29, 1.82) is 5.26 Å². The first-order chi connectivity index (χ1) is 9.92. The van der Waals surface area contributed by atoms with Gasteiger partial charge in [-0.3, -0.25) is 4.79 Å². The average molecular weight is 354 g/mol. The molecule has 0 radical (unpaired) electrons. The molecule has 0 aliphatic heterocycles. The molecule has 0 heterocycles. The Labute approximate surface area is 131 Å². The molecule has 112 valence electrons. The topological polar surface area (TPSA) is 102 Å². The molecule has 0 bridgehead atoms. The number of anilines is 1. The Kier molecular flexibility index (Phi) is 6.69. The summed E-state index contributed by atoms with van der Waals surface area (Å²) in [4.78, 5) is 22.2. The third kappa shape index (κ3) is 6.27. The third-order valence-corrected chi connectivity index (χ3v) is 3.31. The minimum Gasteiger partial charge on any atom is -0.481 e. The van der Waals surface area contributed by atoms with Crippen LogP contribution in [-0.2, 0) is 4.79 Å². The van der Waals surface area contributed by atoms with Gasteiger partial charge in [0.25, 0.3) is 0 Å². The number of rotatable bonds is 6. The van der Waals surface area contributed by atoms with Gasteiger partial charge in [0.2, 0.25) is 0 Å². The molecule has 2 amide bonds. The third-order valence-electron chi connectivity index (χ3n) is 2.81. The summed E-state index contributed by atoms with van der Waals surface area (Å²) in [5, 5.41) is 22.8. The minimum absolute atomic E-state index is 0.0600. The fraction of sp³-hybridized carbons (Fsp3) is 0.357. The zero-order chi connectivity index (χ0) is 15.8. The Morgan fingerprint density at radius 1 is 1.48 bits per heavy atom. The quantitative estimate of drug-likeness (QED) is 0.731. The number of benzene rings is 1. The van der Waals surface area contributed by atoms with Gasteiger partial charge in [-0.15, -0.1) is 0 Å². The Bertz CT molecular complexity index is 569. The van der Waals surface area contributed by atoms with Gasteiger partial charge in [0, 0.05) is 17.4 Å². The summed E-state index contributed by atoms with van der Waals surface area (Å²) >= 11 is 3.27. The molecule has 1 atom stereocenters. The summed E-state index contributed by atoms with van der Waals surface area (Å²) in [7, 11) is 0. The van der Waals surface area contributed by atoms with Crippen molar-refractivity contribution in [3.63, 3.8) is 0 Å². The number of nitriles is 1. The van der Waals surface area contributed by atoms with Gasteiger partial charge in [-0.25, -0.2) is 4.79 Å². The first kappa shape index (κ1) is 17.0. The molecule has 1 aromatic rings. The highest BCUT2D eigenvalue weighted by Gasteiger charge is 2.10. The molecule has 1 aromatic carbocycles. The van der Waals surface area contributed by atoms with Gasteiger partial charge in [0.1, 0.15) is 6.07 Å². The van der Waals surface area contributed by atoms with Crippen molar-refractivity contribution in [1.82, 2.24) is 5.32 Å². The van der Waals surface area contributed by atoms with E-state index in [1.54, 1.807) is 18.2 Å². The zero-order valence-corrected chi connectivity index (χ0v) is 13.1. The van der Waals surface area contributed by atoms with E-state index in [1.807, 2.05) is 13.0 Å². The number of nitrogens with one attached hydrogen (secondary N) is 2. The molecule has 0 saturated heterocycles. The van der Waals surface area contributed by atoms with Gasteiger partial charge in [-0.1, -0.05) is 22.9 Å². The van der Waals surface area contributed by atoms with E-state index >= 15 is 0 Å². The Balaban J connectivity index is 2.49. The van der Waals surface area contributed by atoms with Gasteiger partial charge < -0.3 is 15.7 Å². The predicted molar refractivity (Wildman–Crippen MR) is 81.9 cm³/mol. The highest BCUT2D eigenvalue weighted by atomic mass is 79.9. The van der Waals surface area contributed by atoms with Crippen LogP contribution in [0.15, 0.2) is 22.7 Å². The summed E-state index contributed by atoms with van der Waals surface area (Å²) in [5.41, 5.74) is 0.787. The molecule has 0 aliphatic rings. The Morgan fingerprint density at radius 2 is 2.19 bits per heavy atom. The lowest BCUT2D eigenvalue weighted by Crippen LogP contribution is -2.32. The van der Waals surface area contributed by atoms with Crippen LogP contribution in [0.4, 0.5) is 10.5 Å². The van der Waals surface area contributed by atoms with Crippen LogP contribution in [0.5, 0.6) is 0 Å². The zero-order valence-electron chi connectivity index (χ0n) is 11.5. The maximum atomic E-state index is 11.8. The van der Waals surface area contributed by atoms with Gasteiger partial charge in [0.15, 0.2) is 0 Å². The number of carbonyl (C=O) groups excluding carboxylic acids is 1. The molecule has 3 N–H and O–H groups in total. The van der Waals surface area contributed by atoms with Gasteiger partial charge in [-0.2, -0.15) is 5.26 Å². The smallest absolute Gasteiger partial charge is 0.319 e. The SMILES string of the molecule is CC(CCC(=O)O)CNC(=O)Nc1cc(Br)ccc1C#N. The number of amides is 2. The van der Waals surface area contributed by atoms with Crippen LogP contribution >= 0.6 is 15.9 Å². The van der Waals surface area contributed by atoms with E-state index in [9.17, 15) is 9.59 Å². The lowest BCUT2D eigenvalue weighted by atomic mass is 10.1. The molecular weight excluding hydrogens is 338 g/mol. The van der Waals surface area contributed by atoms with Gasteiger partial charge in [-0.05, 0) is 30.5 Å². The molecule has 1 rings (SSSR count). The molecule has 0 aromatic heterocycles. The van der Waals surface area contributed by atoms with E-state index in [0.29, 0.717) is 24.2 Å². The highest BCUT2D eigenvalue weighted by Crippen LogP contribution is 2.20. The lowest BCUT2D eigenvalue weighted by molar-refractivity contribution is -0.137. The summed E-state index contributed by atoms with van der Waals surface area (Å²) < 4.78 is 0.756. The van der Waals surface area contributed by atoms with Crippen LogP contribution in [0.1, 0.15) is 25.3 Å². The minimum atomic E-state index is -0.848.